The zero-order valence-corrected chi connectivity index (χ0v) is 9.24. The zero-order valence-electron chi connectivity index (χ0n) is 9.24. The monoisotopic (exact) mass is 208 g/mol. The average molecular weight is 208 g/mol. The minimum Gasteiger partial charge on any atom is -0.361 e. The van der Waals surface area contributed by atoms with E-state index in [4.69, 9.17) is 0 Å². The molecule has 0 fully saturated rings. The number of anilines is 2. The molecular formula is C10H16N4O. The van der Waals surface area contributed by atoms with Gasteiger partial charge in [0.05, 0.1) is 5.69 Å². The van der Waals surface area contributed by atoms with Gasteiger partial charge in [-0.15, -0.1) is 0 Å². The van der Waals surface area contributed by atoms with Gasteiger partial charge in [-0.1, -0.05) is 0 Å². The Bertz CT molecular complexity index is 338. The maximum atomic E-state index is 11.3. The topological polar surface area (TPSA) is 57.3 Å². The van der Waals surface area contributed by atoms with E-state index in [0.717, 1.165) is 5.82 Å². The predicted molar refractivity (Wildman–Crippen MR) is 61.3 cm³/mol. The van der Waals surface area contributed by atoms with E-state index in [1.165, 1.54) is 0 Å². The van der Waals surface area contributed by atoms with Crippen molar-refractivity contribution in [1.29, 1.82) is 0 Å². The smallest absolute Gasteiger partial charge is 0.319 e. The summed E-state index contributed by atoms with van der Waals surface area (Å²) in [5.41, 5.74) is 0.702. The fourth-order valence-corrected chi connectivity index (χ4v) is 1.18. The van der Waals surface area contributed by atoms with E-state index in [-0.39, 0.29) is 6.03 Å². The van der Waals surface area contributed by atoms with Crippen LogP contribution < -0.4 is 15.5 Å². The van der Waals surface area contributed by atoms with Gasteiger partial charge in [-0.05, 0) is 19.1 Å². The molecule has 5 heteroatoms. The maximum Gasteiger partial charge on any atom is 0.319 e. The van der Waals surface area contributed by atoms with Crippen LogP contribution in [-0.4, -0.2) is 31.7 Å². The van der Waals surface area contributed by atoms with E-state index in [1.54, 1.807) is 12.3 Å². The molecule has 1 heterocycles. The lowest BCUT2D eigenvalue weighted by Gasteiger charge is -2.16. The molecule has 0 bridgehead atoms. The molecule has 5 nitrogen and oxygen atoms in total. The van der Waals surface area contributed by atoms with Crippen molar-refractivity contribution < 1.29 is 4.79 Å². The number of hydrogen-bond donors (Lipinski definition) is 2. The van der Waals surface area contributed by atoms with Crippen LogP contribution in [-0.2, 0) is 0 Å². The van der Waals surface area contributed by atoms with Gasteiger partial charge in [0.1, 0.15) is 0 Å². The summed E-state index contributed by atoms with van der Waals surface area (Å²) < 4.78 is 0. The highest BCUT2D eigenvalue weighted by Gasteiger charge is 2.07. The van der Waals surface area contributed by atoms with E-state index in [1.807, 2.05) is 32.0 Å². The SMILES string of the molecule is CCNC(=O)Nc1cccnc1N(C)C. The molecule has 1 aromatic rings. The average Bonchev–Trinajstić information content (AvgIpc) is 2.18. The second-order valence-electron chi connectivity index (χ2n) is 3.25. The number of nitrogens with one attached hydrogen (secondary N) is 2. The van der Waals surface area contributed by atoms with Gasteiger partial charge in [0, 0.05) is 26.8 Å². The van der Waals surface area contributed by atoms with Gasteiger partial charge >= 0.3 is 6.03 Å². The summed E-state index contributed by atoms with van der Waals surface area (Å²) in [6.07, 6.45) is 1.69. The molecule has 0 atom stereocenters. The van der Waals surface area contributed by atoms with Gasteiger partial charge in [-0.3, -0.25) is 0 Å². The Morgan fingerprint density at radius 2 is 2.27 bits per heavy atom. The number of aromatic nitrogens is 1. The summed E-state index contributed by atoms with van der Waals surface area (Å²) in [5.74, 6) is 0.740. The number of pyridine rings is 1. The van der Waals surface area contributed by atoms with E-state index in [2.05, 4.69) is 15.6 Å². The molecule has 82 valence electrons. The number of nitrogens with zero attached hydrogens (tertiary/aromatic N) is 2. The largest absolute Gasteiger partial charge is 0.361 e. The van der Waals surface area contributed by atoms with Crippen molar-refractivity contribution in [2.24, 2.45) is 0 Å². The van der Waals surface area contributed by atoms with Crippen molar-refractivity contribution in [3.8, 4) is 0 Å². The first kappa shape index (κ1) is 11.3. The number of carbonyl (C=O) groups excluding carboxylic acids is 1. The van der Waals surface area contributed by atoms with Gasteiger partial charge in [0.25, 0.3) is 0 Å². The van der Waals surface area contributed by atoms with E-state index >= 15 is 0 Å². The first-order valence-electron chi connectivity index (χ1n) is 4.82. The first-order valence-corrected chi connectivity index (χ1v) is 4.82. The Morgan fingerprint density at radius 1 is 1.53 bits per heavy atom. The van der Waals surface area contributed by atoms with Crippen molar-refractivity contribution >= 4 is 17.5 Å². The summed E-state index contributed by atoms with van der Waals surface area (Å²) in [6.45, 7) is 2.47. The van der Waals surface area contributed by atoms with Crippen LogP contribution in [0, 0.1) is 0 Å². The van der Waals surface area contributed by atoms with Crippen LogP contribution in [0.3, 0.4) is 0 Å². The fourth-order valence-electron chi connectivity index (χ4n) is 1.18. The summed E-state index contributed by atoms with van der Waals surface area (Å²) in [4.78, 5) is 17.3. The first-order chi connectivity index (χ1) is 7.15. The van der Waals surface area contributed by atoms with Crippen LogP contribution >= 0.6 is 0 Å². The molecule has 0 aromatic carbocycles. The highest BCUT2D eigenvalue weighted by molar-refractivity contribution is 5.92. The van der Waals surface area contributed by atoms with Crippen LogP contribution in [0.15, 0.2) is 18.3 Å². The maximum absolute atomic E-state index is 11.3. The van der Waals surface area contributed by atoms with Gasteiger partial charge in [-0.2, -0.15) is 0 Å². The molecule has 0 radical (unpaired) electrons. The lowest BCUT2D eigenvalue weighted by molar-refractivity contribution is 0.252. The highest BCUT2D eigenvalue weighted by Crippen LogP contribution is 2.19. The Balaban J connectivity index is 2.80. The quantitative estimate of drug-likeness (QED) is 0.787. The normalized spacial score (nSPS) is 9.53. The van der Waals surface area contributed by atoms with Crippen molar-refractivity contribution in [3.63, 3.8) is 0 Å². The third-order valence-electron chi connectivity index (χ3n) is 1.80. The number of urea groups is 1. The minimum absolute atomic E-state index is 0.214. The van der Waals surface area contributed by atoms with Crippen molar-refractivity contribution in [1.82, 2.24) is 10.3 Å². The lowest BCUT2D eigenvalue weighted by Crippen LogP contribution is -2.29. The van der Waals surface area contributed by atoms with Crippen molar-refractivity contribution in [2.45, 2.75) is 6.92 Å². The van der Waals surface area contributed by atoms with Crippen molar-refractivity contribution in [3.05, 3.63) is 18.3 Å². The van der Waals surface area contributed by atoms with Crippen LogP contribution in [0.4, 0.5) is 16.3 Å². The summed E-state index contributed by atoms with van der Waals surface area (Å²) in [6, 6.07) is 3.39. The van der Waals surface area contributed by atoms with Crippen molar-refractivity contribution in [2.75, 3.05) is 30.9 Å². The predicted octanol–water partition coefficient (Wildman–Crippen LogP) is 1.29. The molecule has 0 saturated carbocycles. The van der Waals surface area contributed by atoms with Crippen LogP contribution in [0.5, 0.6) is 0 Å². The molecule has 2 amide bonds. The third-order valence-corrected chi connectivity index (χ3v) is 1.80. The van der Waals surface area contributed by atoms with Gasteiger partial charge in [-0.25, -0.2) is 9.78 Å². The molecule has 0 aliphatic rings. The summed E-state index contributed by atoms with van der Waals surface area (Å²) >= 11 is 0. The fraction of sp³-hybridized carbons (Fsp3) is 0.400. The zero-order chi connectivity index (χ0) is 11.3. The molecule has 0 unspecified atom stereocenters. The molecule has 15 heavy (non-hydrogen) atoms. The molecular weight excluding hydrogens is 192 g/mol. The van der Waals surface area contributed by atoms with Gasteiger partial charge < -0.3 is 15.5 Å². The van der Waals surface area contributed by atoms with Crippen LogP contribution in [0.2, 0.25) is 0 Å². The highest BCUT2D eigenvalue weighted by atomic mass is 16.2. The van der Waals surface area contributed by atoms with E-state index in [0.29, 0.717) is 12.2 Å². The van der Waals surface area contributed by atoms with E-state index in [9.17, 15) is 4.79 Å². The second-order valence-corrected chi connectivity index (χ2v) is 3.25. The summed E-state index contributed by atoms with van der Waals surface area (Å²) in [7, 11) is 3.76. The molecule has 1 rings (SSSR count). The van der Waals surface area contributed by atoms with Gasteiger partial charge in [0.2, 0.25) is 0 Å². The Labute approximate surface area is 89.5 Å². The molecule has 0 spiro atoms. The van der Waals surface area contributed by atoms with Crippen LogP contribution in [0.1, 0.15) is 6.92 Å². The number of rotatable bonds is 3. The molecule has 2 N–H and O–H groups in total. The Hall–Kier alpha value is -1.78. The number of carbonyl (C=O) groups is 1. The number of hydrogen-bond acceptors (Lipinski definition) is 3. The Morgan fingerprint density at radius 3 is 2.87 bits per heavy atom. The standard InChI is InChI=1S/C10H16N4O/c1-4-11-10(15)13-8-6-5-7-12-9(8)14(2)3/h5-7H,4H2,1-3H3,(H2,11,13,15). The lowest BCUT2D eigenvalue weighted by atomic mass is 10.3. The van der Waals surface area contributed by atoms with E-state index < -0.39 is 0 Å². The molecule has 1 aromatic heterocycles. The summed E-state index contributed by atoms with van der Waals surface area (Å²) in [5, 5.41) is 5.40. The minimum atomic E-state index is -0.214. The third kappa shape index (κ3) is 3.12. The molecule has 0 saturated heterocycles. The van der Waals surface area contributed by atoms with Crippen LogP contribution in [0.25, 0.3) is 0 Å². The second kappa shape index (κ2) is 5.19. The Kier molecular flexibility index (Phi) is 3.91. The molecule has 0 aliphatic carbocycles. The van der Waals surface area contributed by atoms with Gasteiger partial charge in [0.15, 0.2) is 5.82 Å². The number of amides is 2. The molecule has 0 aliphatic heterocycles.